The van der Waals surface area contributed by atoms with Gasteiger partial charge >= 0.3 is 0 Å². The number of hydrogen-bond donors (Lipinski definition) is 1. The van der Waals surface area contributed by atoms with E-state index in [-0.39, 0.29) is 24.4 Å². The van der Waals surface area contributed by atoms with E-state index in [1.165, 1.54) is 22.6 Å². The van der Waals surface area contributed by atoms with Crippen LogP contribution in [0, 0.1) is 12.7 Å². The lowest BCUT2D eigenvalue weighted by Crippen LogP contribution is -2.39. The summed E-state index contributed by atoms with van der Waals surface area (Å²) in [5.41, 5.74) is 2.12. The van der Waals surface area contributed by atoms with Crippen molar-refractivity contribution in [2.45, 2.75) is 39.0 Å². The molecule has 1 aliphatic rings. The molecule has 0 aliphatic carbocycles. The van der Waals surface area contributed by atoms with Crippen LogP contribution in [-0.2, 0) is 22.6 Å². The van der Waals surface area contributed by atoms with Crippen molar-refractivity contribution in [3.05, 3.63) is 57.5 Å². The highest BCUT2D eigenvalue weighted by Gasteiger charge is 2.18. The third kappa shape index (κ3) is 5.37. The molecule has 6 heteroatoms. The maximum absolute atomic E-state index is 13.2. The normalized spacial score (nSPS) is 16.8. The minimum absolute atomic E-state index is 0.0418. The van der Waals surface area contributed by atoms with Crippen molar-refractivity contribution in [1.82, 2.24) is 10.2 Å². The number of aryl methyl sites for hydroxylation is 1. The number of carbonyl (C=O) groups is 1. The fraction of sp³-hybridized carbons (Fsp3) is 0.450. The Hall–Kier alpha value is -1.76. The molecule has 2 heterocycles. The fourth-order valence-electron chi connectivity index (χ4n) is 3.04. The highest BCUT2D eigenvalue weighted by molar-refractivity contribution is 7.10. The molecule has 0 radical (unpaired) electrons. The van der Waals surface area contributed by atoms with E-state index < -0.39 is 0 Å². The van der Waals surface area contributed by atoms with Gasteiger partial charge in [0.15, 0.2) is 0 Å². The van der Waals surface area contributed by atoms with Crippen LogP contribution in [0.2, 0.25) is 0 Å². The molecule has 1 aromatic heterocycles. The summed E-state index contributed by atoms with van der Waals surface area (Å²) in [4.78, 5) is 15.8. The summed E-state index contributed by atoms with van der Waals surface area (Å²) in [6, 6.07) is 8.40. The first-order chi connectivity index (χ1) is 12.6. The lowest BCUT2D eigenvalue weighted by atomic mass is 10.2. The molecular weight excluding hydrogens is 351 g/mol. The average molecular weight is 376 g/mol. The number of thiophene rings is 1. The van der Waals surface area contributed by atoms with Crippen molar-refractivity contribution < 1.29 is 13.9 Å². The number of nitrogens with zero attached hydrogens (tertiary/aromatic N) is 1. The lowest BCUT2D eigenvalue weighted by Gasteiger charge is -2.23. The van der Waals surface area contributed by atoms with Crippen LogP contribution in [0.4, 0.5) is 4.39 Å². The van der Waals surface area contributed by atoms with Gasteiger partial charge in [-0.25, -0.2) is 4.39 Å². The summed E-state index contributed by atoms with van der Waals surface area (Å²) in [6.07, 6.45) is 2.36. The monoisotopic (exact) mass is 376 g/mol. The highest BCUT2D eigenvalue weighted by Crippen LogP contribution is 2.19. The van der Waals surface area contributed by atoms with Gasteiger partial charge in [-0.05, 0) is 54.5 Å². The SMILES string of the molecule is Cc1ccsc1CN(Cc1ccc(F)cc1)C(=O)CNCC1CCCO1. The predicted molar refractivity (Wildman–Crippen MR) is 102 cm³/mol. The summed E-state index contributed by atoms with van der Waals surface area (Å²) in [7, 11) is 0. The van der Waals surface area contributed by atoms with Gasteiger partial charge in [-0.3, -0.25) is 4.79 Å². The Bertz CT molecular complexity index is 711. The first-order valence-electron chi connectivity index (χ1n) is 8.99. The van der Waals surface area contributed by atoms with E-state index in [2.05, 4.69) is 18.3 Å². The summed E-state index contributed by atoms with van der Waals surface area (Å²) < 4.78 is 18.7. The smallest absolute Gasteiger partial charge is 0.237 e. The molecule has 0 saturated carbocycles. The van der Waals surface area contributed by atoms with Gasteiger partial charge in [-0.15, -0.1) is 11.3 Å². The molecule has 2 aromatic rings. The molecule has 1 fully saturated rings. The van der Waals surface area contributed by atoms with Gasteiger partial charge < -0.3 is 15.0 Å². The minimum Gasteiger partial charge on any atom is -0.377 e. The first kappa shape index (κ1) is 19.0. The highest BCUT2D eigenvalue weighted by atomic mass is 32.1. The molecule has 1 amide bonds. The van der Waals surface area contributed by atoms with Crippen LogP contribution in [0.25, 0.3) is 0 Å². The van der Waals surface area contributed by atoms with E-state index in [0.29, 0.717) is 19.6 Å². The second kappa shape index (κ2) is 9.26. The van der Waals surface area contributed by atoms with Gasteiger partial charge in [0.05, 0.1) is 19.2 Å². The van der Waals surface area contributed by atoms with Crippen molar-refractivity contribution in [1.29, 1.82) is 0 Å². The number of benzene rings is 1. The van der Waals surface area contributed by atoms with Gasteiger partial charge in [0, 0.05) is 24.6 Å². The number of rotatable bonds is 8. The molecule has 1 unspecified atom stereocenters. The van der Waals surface area contributed by atoms with Gasteiger partial charge in [-0.2, -0.15) is 0 Å². The number of carbonyl (C=O) groups excluding carboxylic acids is 1. The summed E-state index contributed by atoms with van der Waals surface area (Å²) in [6.45, 7) is 4.90. The first-order valence-corrected chi connectivity index (χ1v) is 9.87. The van der Waals surface area contributed by atoms with E-state index in [1.54, 1.807) is 23.5 Å². The molecule has 0 bridgehead atoms. The van der Waals surface area contributed by atoms with E-state index >= 15 is 0 Å². The topological polar surface area (TPSA) is 41.6 Å². The van der Waals surface area contributed by atoms with Crippen LogP contribution in [0.3, 0.4) is 0 Å². The van der Waals surface area contributed by atoms with Crippen molar-refractivity contribution in [3.8, 4) is 0 Å². The molecular formula is C20H25FN2O2S. The zero-order chi connectivity index (χ0) is 18.4. The van der Waals surface area contributed by atoms with Crippen molar-refractivity contribution in [2.24, 2.45) is 0 Å². The van der Waals surface area contributed by atoms with Gasteiger partial charge in [0.2, 0.25) is 5.91 Å². The quantitative estimate of drug-likeness (QED) is 0.767. The van der Waals surface area contributed by atoms with Crippen LogP contribution in [0.5, 0.6) is 0 Å². The Morgan fingerprint density at radius 2 is 2.12 bits per heavy atom. The Balaban J connectivity index is 1.61. The molecule has 1 aliphatic heterocycles. The molecule has 1 saturated heterocycles. The van der Waals surface area contributed by atoms with Crippen LogP contribution in [-0.4, -0.2) is 36.6 Å². The maximum atomic E-state index is 13.2. The van der Waals surface area contributed by atoms with Gasteiger partial charge in [0.25, 0.3) is 0 Å². The zero-order valence-corrected chi connectivity index (χ0v) is 15.9. The largest absolute Gasteiger partial charge is 0.377 e. The molecule has 1 aromatic carbocycles. The Labute approximate surface area is 158 Å². The molecule has 26 heavy (non-hydrogen) atoms. The lowest BCUT2D eigenvalue weighted by molar-refractivity contribution is -0.131. The predicted octanol–water partition coefficient (Wildman–Crippen LogP) is 3.49. The molecule has 4 nitrogen and oxygen atoms in total. The second-order valence-corrected chi connectivity index (χ2v) is 7.67. The summed E-state index contributed by atoms with van der Waals surface area (Å²) in [5.74, 6) is -0.223. The number of hydrogen-bond acceptors (Lipinski definition) is 4. The van der Waals surface area contributed by atoms with E-state index in [9.17, 15) is 9.18 Å². The van der Waals surface area contributed by atoms with Gasteiger partial charge in [0.1, 0.15) is 5.82 Å². The van der Waals surface area contributed by atoms with Crippen LogP contribution in [0.15, 0.2) is 35.7 Å². The Kier molecular flexibility index (Phi) is 6.77. The fourth-order valence-corrected chi connectivity index (χ4v) is 3.96. The molecule has 1 N–H and O–H groups in total. The van der Waals surface area contributed by atoms with Crippen molar-refractivity contribution in [3.63, 3.8) is 0 Å². The number of nitrogens with one attached hydrogen (secondary N) is 1. The molecule has 1 atom stereocenters. The molecule has 0 spiro atoms. The van der Waals surface area contributed by atoms with Gasteiger partial charge in [-0.1, -0.05) is 12.1 Å². The zero-order valence-electron chi connectivity index (χ0n) is 15.0. The van der Waals surface area contributed by atoms with Crippen LogP contribution in [0.1, 0.15) is 28.8 Å². The summed E-state index contributed by atoms with van der Waals surface area (Å²) >= 11 is 1.66. The van der Waals surface area contributed by atoms with E-state index in [4.69, 9.17) is 4.74 Å². The maximum Gasteiger partial charge on any atom is 0.237 e. The van der Waals surface area contributed by atoms with Crippen LogP contribution < -0.4 is 5.32 Å². The Morgan fingerprint density at radius 3 is 2.77 bits per heavy atom. The van der Waals surface area contributed by atoms with Crippen molar-refractivity contribution >= 4 is 17.2 Å². The average Bonchev–Trinajstić information content (AvgIpc) is 3.28. The number of ether oxygens (including phenoxy) is 1. The standard InChI is InChI=1S/C20H25FN2O2S/c1-15-8-10-26-19(15)14-23(13-16-4-6-17(21)7-5-16)20(24)12-22-11-18-3-2-9-25-18/h4-8,10,18,22H,2-3,9,11-14H2,1H3. The number of amides is 1. The van der Waals surface area contributed by atoms with Crippen molar-refractivity contribution in [2.75, 3.05) is 19.7 Å². The van der Waals surface area contributed by atoms with E-state index in [1.807, 2.05) is 10.3 Å². The van der Waals surface area contributed by atoms with Crippen LogP contribution >= 0.6 is 11.3 Å². The molecule has 3 rings (SSSR count). The minimum atomic E-state index is -0.265. The molecule has 140 valence electrons. The third-order valence-electron chi connectivity index (χ3n) is 4.61. The number of halogens is 1. The second-order valence-electron chi connectivity index (χ2n) is 6.67. The Morgan fingerprint density at radius 1 is 1.31 bits per heavy atom. The van der Waals surface area contributed by atoms with E-state index in [0.717, 1.165) is 25.0 Å². The summed E-state index contributed by atoms with van der Waals surface area (Å²) in [5, 5.41) is 5.27. The third-order valence-corrected chi connectivity index (χ3v) is 5.62.